The Bertz CT molecular complexity index is 1060. The summed E-state index contributed by atoms with van der Waals surface area (Å²) >= 11 is 6.37. The van der Waals surface area contributed by atoms with E-state index in [2.05, 4.69) is 15.8 Å². The first-order valence-electron chi connectivity index (χ1n) is 9.90. The minimum atomic E-state index is -0.459. The molecule has 0 heterocycles. The topological polar surface area (TPSA) is 81.2 Å². The van der Waals surface area contributed by atoms with Gasteiger partial charge in [-0.15, -0.1) is 0 Å². The first-order valence-corrected chi connectivity index (χ1v) is 10.3. The van der Waals surface area contributed by atoms with E-state index in [9.17, 15) is 4.79 Å². The molecule has 0 saturated carbocycles. The molecule has 0 aromatic heterocycles. The maximum absolute atomic E-state index is 11.9. The van der Waals surface area contributed by atoms with Crippen LogP contribution < -0.4 is 25.0 Å². The second kappa shape index (κ2) is 11.6. The van der Waals surface area contributed by atoms with Gasteiger partial charge in [0.2, 0.25) is 0 Å². The number of para-hydroxylation sites is 1. The van der Waals surface area contributed by atoms with E-state index in [4.69, 9.17) is 25.8 Å². The molecule has 0 fully saturated rings. The van der Waals surface area contributed by atoms with Gasteiger partial charge in [-0.3, -0.25) is 0 Å². The first kappa shape index (κ1) is 23.0. The van der Waals surface area contributed by atoms with Crippen molar-refractivity contribution in [1.29, 1.82) is 0 Å². The van der Waals surface area contributed by atoms with E-state index in [0.717, 1.165) is 5.75 Å². The number of carbonyl (C=O) groups excluding carboxylic acids is 1. The minimum Gasteiger partial charge on any atom is -0.493 e. The van der Waals surface area contributed by atoms with Gasteiger partial charge in [0.15, 0.2) is 11.5 Å². The largest absolute Gasteiger partial charge is 0.493 e. The Hall–Kier alpha value is -3.71. The Balaban J connectivity index is 1.53. The Morgan fingerprint density at radius 1 is 1.03 bits per heavy atom. The van der Waals surface area contributed by atoms with Gasteiger partial charge in [0.05, 0.1) is 18.3 Å². The zero-order valence-corrected chi connectivity index (χ0v) is 18.6. The Labute approximate surface area is 192 Å². The minimum absolute atomic E-state index is 0.290. The van der Waals surface area contributed by atoms with Crippen LogP contribution in [0, 0.1) is 6.92 Å². The first-order chi connectivity index (χ1) is 15.5. The molecule has 0 radical (unpaired) electrons. The van der Waals surface area contributed by atoms with Crippen molar-refractivity contribution in [2.24, 2.45) is 5.10 Å². The number of amides is 2. The van der Waals surface area contributed by atoms with Crippen molar-refractivity contribution in [3.8, 4) is 17.2 Å². The summed E-state index contributed by atoms with van der Waals surface area (Å²) in [7, 11) is 1.52. The fraction of sp³-hybridized carbons (Fsp3) is 0.167. The molecule has 3 rings (SSSR count). The van der Waals surface area contributed by atoms with Gasteiger partial charge in [-0.05, 0) is 48.9 Å². The van der Waals surface area contributed by atoms with Gasteiger partial charge in [-0.1, -0.05) is 47.5 Å². The van der Waals surface area contributed by atoms with Crippen molar-refractivity contribution < 1.29 is 19.0 Å². The van der Waals surface area contributed by atoms with Crippen LogP contribution in [0.3, 0.4) is 0 Å². The molecule has 166 valence electrons. The normalized spacial score (nSPS) is 10.6. The average Bonchev–Trinajstić information content (AvgIpc) is 2.79. The zero-order valence-electron chi connectivity index (χ0n) is 17.8. The van der Waals surface area contributed by atoms with E-state index in [0.29, 0.717) is 41.0 Å². The molecule has 7 nitrogen and oxygen atoms in total. The van der Waals surface area contributed by atoms with E-state index in [1.54, 1.807) is 24.3 Å². The number of ether oxygens (including phenoxy) is 3. The van der Waals surface area contributed by atoms with Crippen molar-refractivity contribution in [1.82, 2.24) is 5.43 Å². The summed E-state index contributed by atoms with van der Waals surface area (Å²) in [5, 5.41) is 6.96. The Kier molecular flexibility index (Phi) is 8.34. The van der Waals surface area contributed by atoms with E-state index < -0.39 is 6.03 Å². The molecule has 0 aliphatic carbocycles. The summed E-state index contributed by atoms with van der Waals surface area (Å²) in [4.78, 5) is 11.9. The van der Waals surface area contributed by atoms with Crippen LogP contribution in [0.4, 0.5) is 10.5 Å². The summed E-state index contributed by atoms with van der Waals surface area (Å²) < 4.78 is 16.8. The van der Waals surface area contributed by atoms with Gasteiger partial charge >= 0.3 is 6.03 Å². The highest BCUT2D eigenvalue weighted by Crippen LogP contribution is 2.36. The predicted octanol–water partition coefficient (Wildman–Crippen LogP) is 5.27. The van der Waals surface area contributed by atoms with Crippen LogP contribution >= 0.6 is 11.6 Å². The quantitative estimate of drug-likeness (QED) is 0.263. The summed E-state index contributed by atoms with van der Waals surface area (Å²) in [5.41, 5.74) is 4.87. The van der Waals surface area contributed by atoms with Crippen LogP contribution in [0.15, 0.2) is 71.8 Å². The summed E-state index contributed by atoms with van der Waals surface area (Å²) in [5.74, 6) is 1.63. The van der Waals surface area contributed by atoms with Gasteiger partial charge in [0.1, 0.15) is 19.0 Å². The molecule has 2 amide bonds. The third-order valence-corrected chi connectivity index (χ3v) is 4.56. The monoisotopic (exact) mass is 453 g/mol. The van der Waals surface area contributed by atoms with Gasteiger partial charge in [-0.2, -0.15) is 5.10 Å². The lowest BCUT2D eigenvalue weighted by atomic mass is 10.2. The number of hydrazone groups is 1. The van der Waals surface area contributed by atoms with Gasteiger partial charge in [0.25, 0.3) is 0 Å². The zero-order chi connectivity index (χ0) is 22.8. The van der Waals surface area contributed by atoms with Crippen molar-refractivity contribution in [3.63, 3.8) is 0 Å². The van der Waals surface area contributed by atoms with E-state index in [1.807, 2.05) is 49.4 Å². The predicted molar refractivity (Wildman–Crippen MR) is 126 cm³/mol. The number of urea groups is 1. The lowest BCUT2D eigenvalue weighted by molar-refractivity contribution is 0.211. The summed E-state index contributed by atoms with van der Waals surface area (Å²) in [6.07, 6.45) is 1.46. The van der Waals surface area contributed by atoms with E-state index in [1.165, 1.54) is 18.9 Å². The number of halogens is 1. The van der Waals surface area contributed by atoms with Crippen molar-refractivity contribution >= 4 is 29.5 Å². The molecule has 3 aromatic rings. The SMILES string of the molecule is COc1cc(/C=N\NC(=O)Nc2ccccc2)cc(Cl)c1OCCOc1ccc(C)cc1. The number of anilines is 1. The van der Waals surface area contributed by atoms with Crippen LogP contribution in [0.1, 0.15) is 11.1 Å². The number of nitrogens with one attached hydrogen (secondary N) is 2. The fourth-order valence-electron chi connectivity index (χ4n) is 2.74. The maximum atomic E-state index is 11.9. The van der Waals surface area contributed by atoms with E-state index in [-0.39, 0.29) is 0 Å². The Morgan fingerprint density at radius 3 is 2.47 bits per heavy atom. The number of hydrogen-bond donors (Lipinski definition) is 2. The van der Waals surface area contributed by atoms with Crippen molar-refractivity contribution in [3.05, 3.63) is 82.9 Å². The van der Waals surface area contributed by atoms with Crippen LogP contribution in [-0.4, -0.2) is 32.6 Å². The standard InChI is InChI=1S/C24H24ClN3O4/c1-17-8-10-20(11-9-17)31-12-13-32-23-21(25)14-18(15-22(23)30-2)16-26-28-24(29)27-19-6-4-3-5-7-19/h3-11,14-16H,12-13H2,1-2H3,(H2,27,28,29)/b26-16-. The van der Waals surface area contributed by atoms with E-state index >= 15 is 0 Å². The highest BCUT2D eigenvalue weighted by atomic mass is 35.5. The number of nitrogens with zero attached hydrogens (tertiary/aromatic N) is 1. The molecular formula is C24H24ClN3O4. The number of hydrogen-bond acceptors (Lipinski definition) is 5. The molecular weight excluding hydrogens is 430 g/mol. The second-order valence-electron chi connectivity index (χ2n) is 6.73. The lowest BCUT2D eigenvalue weighted by Crippen LogP contribution is -2.24. The molecule has 0 saturated heterocycles. The smallest absolute Gasteiger partial charge is 0.339 e. The molecule has 0 aliphatic rings. The van der Waals surface area contributed by atoms with Crippen LogP contribution in [0.2, 0.25) is 5.02 Å². The van der Waals surface area contributed by atoms with Crippen LogP contribution in [-0.2, 0) is 0 Å². The molecule has 0 unspecified atom stereocenters. The average molecular weight is 454 g/mol. The summed E-state index contributed by atoms with van der Waals surface area (Å²) in [6, 6.07) is 19.8. The number of rotatable bonds is 9. The second-order valence-corrected chi connectivity index (χ2v) is 7.14. The fourth-order valence-corrected chi connectivity index (χ4v) is 3.01. The van der Waals surface area contributed by atoms with Crippen molar-refractivity contribution in [2.75, 3.05) is 25.6 Å². The van der Waals surface area contributed by atoms with Crippen LogP contribution in [0.25, 0.3) is 0 Å². The molecule has 3 aromatic carbocycles. The third-order valence-electron chi connectivity index (χ3n) is 4.28. The number of carbonyl (C=O) groups is 1. The maximum Gasteiger partial charge on any atom is 0.339 e. The van der Waals surface area contributed by atoms with Crippen molar-refractivity contribution in [2.45, 2.75) is 6.92 Å². The number of methoxy groups -OCH3 is 1. The molecule has 32 heavy (non-hydrogen) atoms. The number of aryl methyl sites for hydroxylation is 1. The molecule has 0 atom stereocenters. The molecule has 8 heteroatoms. The molecule has 2 N–H and O–H groups in total. The molecule has 0 spiro atoms. The third kappa shape index (κ3) is 6.92. The van der Waals surface area contributed by atoms with Gasteiger partial charge < -0.3 is 19.5 Å². The highest BCUT2D eigenvalue weighted by molar-refractivity contribution is 6.32. The molecule has 0 aliphatic heterocycles. The van der Waals surface area contributed by atoms with Gasteiger partial charge in [-0.25, -0.2) is 10.2 Å². The Morgan fingerprint density at radius 2 is 1.75 bits per heavy atom. The summed E-state index contributed by atoms with van der Waals surface area (Å²) in [6.45, 7) is 2.66. The van der Waals surface area contributed by atoms with Gasteiger partial charge in [0, 0.05) is 5.69 Å². The molecule has 0 bridgehead atoms. The number of benzene rings is 3. The highest BCUT2D eigenvalue weighted by Gasteiger charge is 2.12. The van der Waals surface area contributed by atoms with Crippen LogP contribution in [0.5, 0.6) is 17.2 Å². The lowest BCUT2D eigenvalue weighted by Gasteiger charge is -2.14.